The number of aromatic hydroxyl groups is 2. The predicted octanol–water partition coefficient (Wildman–Crippen LogP) is 5.97. The molecule has 2 aromatic carbocycles. The van der Waals surface area contributed by atoms with E-state index in [0.717, 1.165) is 66.9 Å². The van der Waals surface area contributed by atoms with Crippen molar-refractivity contribution >= 4 is 34.1 Å². The van der Waals surface area contributed by atoms with E-state index in [-0.39, 0.29) is 34.9 Å². The highest BCUT2D eigenvalue weighted by molar-refractivity contribution is 7.14. The number of ether oxygens (including phenoxy) is 1. The SMILES string of the molecule is C=CC1=C(/C=C\C)C(NCc2ccc(C(=O)NCCCCNC[C@H](O)c3ccc(O)c4[nH]c(=O)ccc34)s2)(C(=O)OCC2CCN(Cc3cccc(O)c3)CC2)CC1. The van der Waals surface area contributed by atoms with E-state index in [0.29, 0.717) is 67.0 Å². The molecule has 3 heterocycles. The molecule has 1 unspecified atom stereocenters. The number of nitrogens with one attached hydrogen (secondary N) is 4. The molecule has 58 heavy (non-hydrogen) atoms. The van der Waals surface area contributed by atoms with Crippen LogP contribution >= 0.6 is 11.3 Å². The number of nitrogens with zero attached hydrogens (tertiary/aromatic N) is 1. The van der Waals surface area contributed by atoms with Crippen LogP contribution in [0.1, 0.15) is 77.2 Å². The average molecular weight is 810 g/mol. The maximum absolute atomic E-state index is 14.1. The number of aliphatic hydroxyl groups is 1. The van der Waals surface area contributed by atoms with Crippen LogP contribution < -0.4 is 21.5 Å². The fraction of sp³-hybridized carbons (Fsp3) is 0.400. The van der Waals surface area contributed by atoms with Crippen LogP contribution in [-0.4, -0.2) is 81.9 Å². The molecule has 1 fully saturated rings. The van der Waals surface area contributed by atoms with Crippen LogP contribution in [-0.2, 0) is 22.6 Å². The Bertz CT molecular complexity index is 2190. The summed E-state index contributed by atoms with van der Waals surface area (Å²) in [5.41, 5.74) is 2.52. The Morgan fingerprint density at radius 1 is 1.09 bits per heavy atom. The van der Waals surface area contributed by atoms with E-state index in [1.54, 1.807) is 24.3 Å². The predicted molar refractivity (Wildman–Crippen MR) is 228 cm³/mol. The minimum Gasteiger partial charge on any atom is -0.508 e. The van der Waals surface area contributed by atoms with Gasteiger partial charge in [-0.3, -0.25) is 19.8 Å². The van der Waals surface area contributed by atoms with Gasteiger partial charge >= 0.3 is 5.97 Å². The first-order valence-corrected chi connectivity index (χ1v) is 20.9. The molecule has 0 radical (unpaired) electrons. The van der Waals surface area contributed by atoms with Gasteiger partial charge in [-0.15, -0.1) is 11.3 Å². The molecule has 0 saturated carbocycles. The number of esters is 1. The molecule has 12 nitrogen and oxygen atoms in total. The maximum atomic E-state index is 14.1. The van der Waals surface area contributed by atoms with Gasteiger partial charge < -0.3 is 35.7 Å². The van der Waals surface area contributed by atoms with Crippen molar-refractivity contribution in [2.45, 2.75) is 70.2 Å². The summed E-state index contributed by atoms with van der Waals surface area (Å²) in [5, 5.41) is 41.1. The Morgan fingerprint density at radius 3 is 2.67 bits per heavy atom. The van der Waals surface area contributed by atoms with Crippen LogP contribution in [0.25, 0.3) is 10.9 Å². The number of benzene rings is 2. The minimum absolute atomic E-state index is 0.0511. The average Bonchev–Trinajstić information content (AvgIpc) is 3.85. The second kappa shape index (κ2) is 20.1. The molecule has 0 spiro atoms. The lowest BCUT2D eigenvalue weighted by Crippen LogP contribution is -2.52. The first-order chi connectivity index (χ1) is 28.1. The third-order valence-electron chi connectivity index (χ3n) is 11.1. The zero-order valence-corrected chi connectivity index (χ0v) is 33.9. The number of thiophene rings is 1. The number of aromatic amines is 1. The summed E-state index contributed by atoms with van der Waals surface area (Å²) < 4.78 is 6.12. The Hall–Kier alpha value is -5.05. The number of carbonyl (C=O) groups is 2. The fourth-order valence-corrected chi connectivity index (χ4v) is 8.76. The number of allylic oxidation sites excluding steroid dienone is 3. The van der Waals surface area contributed by atoms with E-state index in [4.69, 9.17) is 4.74 Å². The summed E-state index contributed by atoms with van der Waals surface area (Å²) in [6.07, 6.45) is 9.53. The quantitative estimate of drug-likeness (QED) is 0.0442. The molecule has 7 N–H and O–H groups in total. The van der Waals surface area contributed by atoms with E-state index >= 15 is 0 Å². The van der Waals surface area contributed by atoms with Gasteiger partial charge in [-0.1, -0.05) is 43.0 Å². The molecule has 2 aliphatic rings. The monoisotopic (exact) mass is 809 g/mol. The van der Waals surface area contributed by atoms with E-state index in [1.807, 2.05) is 49.4 Å². The van der Waals surface area contributed by atoms with Crippen molar-refractivity contribution in [1.29, 1.82) is 0 Å². The number of hydrogen-bond acceptors (Lipinski definition) is 11. The number of rotatable bonds is 19. The number of H-pyrrole nitrogens is 1. The van der Waals surface area contributed by atoms with Gasteiger partial charge in [0.25, 0.3) is 5.91 Å². The number of phenols is 2. The highest BCUT2D eigenvalue weighted by Gasteiger charge is 2.47. The van der Waals surface area contributed by atoms with Crippen molar-refractivity contribution in [2.24, 2.45) is 5.92 Å². The summed E-state index contributed by atoms with van der Waals surface area (Å²) in [4.78, 5) is 45.3. The van der Waals surface area contributed by atoms with Crippen molar-refractivity contribution in [1.82, 2.24) is 25.8 Å². The standard InChI is InChI=1S/C45H55N5O7S/c1-3-8-37-32(4-2)17-20-45(37,44(56)57-29-30-18-23-50(24-19-30)28-31-9-7-10-33(51)25-31)48-26-34-11-15-40(58-34)43(55)47-22-6-5-21-46-27-39(53)35-12-14-38(52)42-36(35)13-16-41(54)49-42/h3-4,7-16,25,30,39,46,48,51-53H,2,5-6,17-24,26-29H2,1H3,(H,47,55)(H,49,54)/b8-3-/t39-,45?/m0/s1. The number of aliphatic hydroxyl groups excluding tert-OH is 1. The lowest BCUT2D eigenvalue weighted by molar-refractivity contribution is -0.152. The number of aromatic nitrogens is 1. The summed E-state index contributed by atoms with van der Waals surface area (Å²) in [6.45, 7) is 10.7. The van der Waals surface area contributed by atoms with Gasteiger partial charge in [-0.25, -0.2) is 4.79 Å². The normalized spacial score (nSPS) is 18.2. The minimum atomic E-state index is -1.03. The molecule has 2 aromatic heterocycles. The molecule has 1 aliphatic carbocycles. The number of piperidine rings is 1. The second-order valence-electron chi connectivity index (χ2n) is 15.1. The number of amides is 1. The Kier molecular flexibility index (Phi) is 14.7. The topological polar surface area (TPSA) is 176 Å². The number of fused-ring (bicyclic) bond motifs is 1. The summed E-state index contributed by atoms with van der Waals surface area (Å²) >= 11 is 1.39. The van der Waals surface area contributed by atoms with Gasteiger partial charge in [0.05, 0.1) is 23.1 Å². The molecule has 4 aromatic rings. The maximum Gasteiger partial charge on any atom is 0.331 e. The van der Waals surface area contributed by atoms with Gasteiger partial charge in [0.15, 0.2) is 0 Å². The number of carbonyl (C=O) groups excluding carboxylic acids is 2. The number of pyridine rings is 1. The molecular weight excluding hydrogens is 755 g/mol. The zero-order chi connectivity index (χ0) is 41.1. The van der Waals surface area contributed by atoms with E-state index in [9.17, 15) is 29.7 Å². The first kappa shape index (κ1) is 42.6. The molecule has 1 saturated heterocycles. The van der Waals surface area contributed by atoms with E-state index < -0.39 is 11.6 Å². The number of phenolic OH excluding ortho intramolecular Hbond substituents is 2. The Balaban J connectivity index is 0.950. The lowest BCUT2D eigenvalue weighted by atomic mass is 9.89. The molecule has 0 bridgehead atoms. The van der Waals surface area contributed by atoms with Crippen molar-refractivity contribution in [3.8, 4) is 11.5 Å². The molecule has 1 aliphatic heterocycles. The summed E-state index contributed by atoms with van der Waals surface area (Å²) in [6, 6.07) is 17.2. The second-order valence-corrected chi connectivity index (χ2v) is 16.3. The van der Waals surface area contributed by atoms with Gasteiger partial charge in [-0.05, 0) is 130 Å². The van der Waals surface area contributed by atoms with Gasteiger partial charge in [0, 0.05) is 42.5 Å². The van der Waals surface area contributed by atoms with Crippen molar-refractivity contribution in [2.75, 3.05) is 39.3 Å². The number of hydrogen-bond donors (Lipinski definition) is 7. The fourth-order valence-electron chi connectivity index (χ4n) is 7.90. The summed E-state index contributed by atoms with van der Waals surface area (Å²) in [7, 11) is 0. The molecule has 2 atom stereocenters. The highest BCUT2D eigenvalue weighted by Crippen LogP contribution is 2.39. The lowest BCUT2D eigenvalue weighted by Gasteiger charge is -2.34. The largest absolute Gasteiger partial charge is 0.508 e. The third kappa shape index (κ3) is 10.5. The van der Waals surface area contributed by atoms with Gasteiger partial charge in [-0.2, -0.15) is 0 Å². The van der Waals surface area contributed by atoms with Crippen LogP contribution in [0.2, 0.25) is 0 Å². The van der Waals surface area contributed by atoms with Crippen LogP contribution in [0.3, 0.4) is 0 Å². The Labute approximate surface area is 343 Å². The van der Waals surface area contributed by atoms with Crippen molar-refractivity contribution < 1.29 is 29.6 Å². The van der Waals surface area contributed by atoms with Crippen LogP contribution in [0.5, 0.6) is 11.5 Å². The smallest absolute Gasteiger partial charge is 0.331 e. The van der Waals surface area contributed by atoms with Crippen LogP contribution in [0, 0.1) is 5.92 Å². The van der Waals surface area contributed by atoms with Gasteiger partial charge in [0.2, 0.25) is 5.56 Å². The number of likely N-dealkylation sites (tertiary alicyclic amines) is 1. The molecule has 308 valence electrons. The number of unbranched alkanes of at least 4 members (excludes halogenated alkanes) is 1. The first-order valence-electron chi connectivity index (χ1n) is 20.1. The highest BCUT2D eigenvalue weighted by atomic mass is 32.1. The molecule has 13 heteroatoms. The molecule has 6 rings (SSSR count). The van der Waals surface area contributed by atoms with Crippen molar-refractivity contribution in [3.63, 3.8) is 0 Å². The Morgan fingerprint density at radius 2 is 1.90 bits per heavy atom. The third-order valence-corrected chi connectivity index (χ3v) is 12.2. The van der Waals surface area contributed by atoms with E-state index in [1.165, 1.54) is 23.5 Å². The van der Waals surface area contributed by atoms with Crippen molar-refractivity contribution in [3.05, 3.63) is 128 Å². The van der Waals surface area contributed by atoms with Crippen LogP contribution in [0.15, 0.2) is 101 Å². The molecule has 1 amide bonds. The van der Waals surface area contributed by atoms with Crippen LogP contribution in [0.4, 0.5) is 0 Å². The zero-order valence-electron chi connectivity index (χ0n) is 33.1. The van der Waals surface area contributed by atoms with Gasteiger partial charge in [0.1, 0.15) is 17.0 Å². The van der Waals surface area contributed by atoms with E-state index in [2.05, 4.69) is 32.4 Å². The molecular formula is C45H55N5O7S. The summed E-state index contributed by atoms with van der Waals surface area (Å²) in [5.74, 6) is 0.0567.